The van der Waals surface area contributed by atoms with E-state index in [1.165, 1.54) is 37.4 Å². The summed E-state index contributed by atoms with van der Waals surface area (Å²) in [6.45, 7) is 0. The molecular formula is C14H14N2O4S. The SMILES string of the molecule is COc1ccc(C(=O)NS(=O)(=O)c2ccccc2)c(N)c1. The van der Waals surface area contributed by atoms with E-state index in [-0.39, 0.29) is 16.1 Å². The van der Waals surface area contributed by atoms with Gasteiger partial charge in [0, 0.05) is 11.8 Å². The molecule has 0 bridgehead atoms. The van der Waals surface area contributed by atoms with Crippen LogP contribution in [0.1, 0.15) is 10.4 Å². The van der Waals surface area contributed by atoms with Crippen molar-refractivity contribution in [3.63, 3.8) is 0 Å². The number of amides is 1. The summed E-state index contributed by atoms with van der Waals surface area (Å²) in [5.41, 5.74) is 5.92. The number of anilines is 1. The van der Waals surface area contributed by atoms with Crippen molar-refractivity contribution in [1.29, 1.82) is 0 Å². The van der Waals surface area contributed by atoms with Crippen molar-refractivity contribution in [2.24, 2.45) is 0 Å². The number of methoxy groups -OCH3 is 1. The molecule has 0 saturated heterocycles. The number of ether oxygens (including phenoxy) is 1. The minimum atomic E-state index is -3.93. The van der Waals surface area contributed by atoms with E-state index < -0.39 is 15.9 Å². The van der Waals surface area contributed by atoms with Crippen LogP contribution in [0.2, 0.25) is 0 Å². The number of benzene rings is 2. The molecule has 3 N–H and O–H groups in total. The van der Waals surface area contributed by atoms with E-state index in [9.17, 15) is 13.2 Å². The average Bonchev–Trinajstić information content (AvgIpc) is 2.47. The van der Waals surface area contributed by atoms with Gasteiger partial charge < -0.3 is 10.5 Å². The fraction of sp³-hybridized carbons (Fsp3) is 0.0714. The molecule has 0 saturated carbocycles. The maximum absolute atomic E-state index is 12.1. The fourth-order valence-electron chi connectivity index (χ4n) is 1.71. The summed E-state index contributed by atoms with van der Waals surface area (Å²) >= 11 is 0. The van der Waals surface area contributed by atoms with Crippen LogP contribution in [0.5, 0.6) is 5.75 Å². The molecule has 0 heterocycles. The van der Waals surface area contributed by atoms with Crippen molar-refractivity contribution in [2.75, 3.05) is 12.8 Å². The van der Waals surface area contributed by atoms with Crippen LogP contribution in [0.3, 0.4) is 0 Å². The molecule has 0 aliphatic rings. The summed E-state index contributed by atoms with van der Waals surface area (Å²) in [5, 5.41) is 0. The Morgan fingerprint density at radius 2 is 1.81 bits per heavy atom. The molecule has 110 valence electrons. The van der Waals surface area contributed by atoms with E-state index in [4.69, 9.17) is 10.5 Å². The summed E-state index contributed by atoms with van der Waals surface area (Å²) in [7, 11) is -2.46. The molecule has 0 aromatic heterocycles. The second-order valence-electron chi connectivity index (χ2n) is 4.20. The van der Waals surface area contributed by atoms with Gasteiger partial charge in [0.25, 0.3) is 15.9 Å². The number of nitrogens with two attached hydrogens (primary N) is 1. The zero-order chi connectivity index (χ0) is 15.5. The molecule has 0 unspecified atom stereocenters. The van der Waals surface area contributed by atoms with Gasteiger partial charge in [-0.25, -0.2) is 13.1 Å². The normalized spacial score (nSPS) is 10.9. The van der Waals surface area contributed by atoms with Gasteiger partial charge in [0.15, 0.2) is 0 Å². The lowest BCUT2D eigenvalue weighted by atomic mass is 10.1. The quantitative estimate of drug-likeness (QED) is 0.832. The first-order chi connectivity index (χ1) is 9.94. The Morgan fingerprint density at radius 3 is 2.38 bits per heavy atom. The van der Waals surface area contributed by atoms with Crippen molar-refractivity contribution in [3.05, 3.63) is 54.1 Å². The minimum Gasteiger partial charge on any atom is -0.497 e. The number of sulfonamides is 1. The van der Waals surface area contributed by atoms with Gasteiger partial charge in [0.1, 0.15) is 5.75 Å². The molecule has 0 aliphatic carbocycles. The van der Waals surface area contributed by atoms with E-state index in [1.54, 1.807) is 18.2 Å². The third kappa shape index (κ3) is 3.32. The van der Waals surface area contributed by atoms with Gasteiger partial charge in [0.05, 0.1) is 17.6 Å². The molecule has 0 atom stereocenters. The van der Waals surface area contributed by atoms with Crippen molar-refractivity contribution in [3.8, 4) is 5.75 Å². The Bertz CT molecular complexity index is 758. The number of nitrogens with one attached hydrogen (secondary N) is 1. The number of rotatable bonds is 4. The Hall–Kier alpha value is -2.54. The first-order valence-electron chi connectivity index (χ1n) is 6.00. The van der Waals surface area contributed by atoms with E-state index in [1.807, 2.05) is 4.72 Å². The van der Waals surface area contributed by atoms with Crippen molar-refractivity contribution in [2.45, 2.75) is 4.90 Å². The molecule has 0 radical (unpaired) electrons. The maximum Gasteiger partial charge on any atom is 0.267 e. The summed E-state index contributed by atoms with van der Waals surface area (Å²) < 4.78 is 31.1. The monoisotopic (exact) mass is 306 g/mol. The molecule has 0 spiro atoms. The Labute approximate surface area is 122 Å². The molecule has 2 rings (SSSR count). The second-order valence-corrected chi connectivity index (χ2v) is 5.88. The number of nitrogen functional groups attached to an aromatic ring is 1. The predicted molar refractivity (Wildman–Crippen MR) is 78.5 cm³/mol. The van der Waals surface area contributed by atoms with E-state index >= 15 is 0 Å². The summed E-state index contributed by atoms with van der Waals surface area (Å²) in [6.07, 6.45) is 0. The third-order valence-electron chi connectivity index (χ3n) is 2.78. The lowest BCUT2D eigenvalue weighted by molar-refractivity contribution is 0.0982. The van der Waals surface area contributed by atoms with Gasteiger partial charge in [-0.15, -0.1) is 0 Å². The van der Waals surface area contributed by atoms with Crippen LogP contribution in [-0.2, 0) is 10.0 Å². The summed E-state index contributed by atoms with van der Waals surface area (Å²) in [5.74, 6) is -0.311. The molecule has 0 aliphatic heterocycles. The smallest absolute Gasteiger partial charge is 0.267 e. The van der Waals surface area contributed by atoms with E-state index in [2.05, 4.69) is 0 Å². The Kier molecular flexibility index (Phi) is 4.13. The van der Waals surface area contributed by atoms with Crippen LogP contribution in [0, 0.1) is 0 Å². The van der Waals surface area contributed by atoms with Crippen LogP contribution >= 0.6 is 0 Å². The first-order valence-corrected chi connectivity index (χ1v) is 7.48. The van der Waals surface area contributed by atoms with Crippen LogP contribution < -0.4 is 15.2 Å². The van der Waals surface area contributed by atoms with Crippen molar-refractivity contribution < 1.29 is 17.9 Å². The van der Waals surface area contributed by atoms with Crippen LogP contribution in [-0.4, -0.2) is 21.4 Å². The molecule has 0 fully saturated rings. The first kappa shape index (κ1) is 14.9. The highest BCUT2D eigenvalue weighted by molar-refractivity contribution is 7.90. The molecule has 7 heteroatoms. The number of hydrogen-bond donors (Lipinski definition) is 2. The second kappa shape index (κ2) is 5.84. The average molecular weight is 306 g/mol. The zero-order valence-corrected chi connectivity index (χ0v) is 12.1. The number of hydrogen-bond acceptors (Lipinski definition) is 5. The van der Waals surface area contributed by atoms with Crippen LogP contribution in [0.15, 0.2) is 53.4 Å². The van der Waals surface area contributed by atoms with Crippen LogP contribution in [0.25, 0.3) is 0 Å². The van der Waals surface area contributed by atoms with Gasteiger partial charge in [-0.3, -0.25) is 4.79 Å². The highest BCUT2D eigenvalue weighted by Crippen LogP contribution is 2.20. The van der Waals surface area contributed by atoms with E-state index in [0.29, 0.717) is 5.75 Å². The topological polar surface area (TPSA) is 98.5 Å². The van der Waals surface area contributed by atoms with Gasteiger partial charge in [-0.2, -0.15) is 0 Å². The molecular weight excluding hydrogens is 292 g/mol. The van der Waals surface area contributed by atoms with Gasteiger partial charge >= 0.3 is 0 Å². The van der Waals surface area contributed by atoms with Gasteiger partial charge in [-0.05, 0) is 24.3 Å². The molecule has 2 aromatic carbocycles. The zero-order valence-electron chi connectivity index (χ0n) is 11.2. The Morgan fingerprint density at radius 1 is 1.14 bits per heavy atom. The van der Waals surface area contributed by atoms with Gasteiger partial charge in [-0.1, -0.05) is 18.2 Å². The third-order valence-corrected chi connectivity index (χ3v) is 4.13. The van der Waals surface area contributed by atoms with Crippen LogP contribution in [0.4, 0.5) is 5.69 Å². The predicted octanol–water partition coefficient (Wildman–Crippen LogP) is 1.40. The van der Waals surface area contributed by atoms with Crippen molar-refractivity contribution in [1.82, 2.24) is 4.72 Å². The number of carbonyl (C=O) groups excluding carboxylic acids is 1. The highest BCUT2D eigenvalue weighted by Gasteiger charge is 2.19. The summed E-state index contributed by atoms with van der Waals surface area (Å²) in [4.78, 5) is 12.0. The minimum absolute atomic E-state index is 0.00503. The van der Waals surface area contributed by atoms with E-state index in [0.717, 1.165) is 0 Å². The molecule has 21 heavy (non-hydrogen) atoms. The fourth-order valence-corrected chi connectivity index (χ4v) is 2.70. The highest BCUT2D eigenvalue weighted by atomic mass is 32.2. The van der Waals surface area contributed by atoms with Crippen molar-refractivity contribution >= 4 is 21.6 Å². The standard InChI is InChI=1S/C14H14N2O4S/c1-20-10-7-8-12(13(15)9-10)14(17)16-21(18,19)11-5-3-2-4-6-11/h2-9H,15H2,1H3,(H,16,17). The Balaban J connectivity index is 2.26. The maximum atomic E-state index is 12.1. The molecule has 1 amide bonds. The summed E-state index contributed by atoms with van der Waals surface area (Å²) in [6, 6.07) is 12.0. The lowest BCUT2D eigenvalue weighted by Gasteiger charge is -2.09. The molecule has 6 nitrogen and oxygen atoms in total. The number of carbonyl (C=O) groups is 1. The molecule has 2 aromatic rings. The van der Waals surface area contributed by atoms with Gasteiger partial charge in [0.2, 0.25) is 0 Å². The largest absolute Gasteiger partial charge is 0.497 e. The lowest BCUT2D eigenvalue weighted by Crippen LogP contribution is -2.31.